The lowest BCUT2D eigenvalue weighted by Gasteiger charge is -2.12. The molecule has 2 N–H and O–H groups in total. The summed E-state index contributed by atoms with van der Waals surface area (Å²) in [6, 6.07) is 15.3. The first-order valence-electron chi connectivity index (χ1n) is 10.7. The van der Waals surface area contributed by atoms with Crippen LogP contribution in [0.5, 0.6) is 0 Å². The molecule has 0 aliphatic rings. The molecule has 0 spiro atoms. The predicted octanol–water partition coefficient (Wildman–Crippen LogP) is 6.89. The van der Waals surface area contributed by atoms with Gasteiger partial charge in [0.05, 0.1) is 11.1 Å². The molecule has 0 atom stereocenters. The van der Waals surface area contributed by atoms with Crippen LogP contribution < -0.4 is 5.32 Å². The minimum Gasteiger partial charge on any atom is -0.396 e. The minimum atomic E-state index is -4.54. The number of rotatable bonds is 7. The van der Waals surface area contributed by atoms with Crippen molar-refractivity contribution in [3.05, 3.63) is 119 Å². The zero-order valence-electron chi connectivity index (χ0n) is 18.7. The zero-order chi connectivity index (χ0) is 26.3. The average molecular weight is 505 g/mol. The molecule has 0 aliphatic carbocycles. The van der Waals surface area contributed by atoms with Crippen LogP contribution in [0.2, 0.25) is 0 Å². The number of aliphatic hydroxyl groups excluding tert-OH is 1. The standard InChI is InChI=1S/C27H21F6NO2/c28-26(29,30)21-12-8-18(9-13-21)23(19-10-14-22(15-11-19)27(31,32)33)5-3-7-25(36)34-24-6-2-1-4-20(24)16-17-35/h1-15,35H,16-17H2,(H,34,36)/b7-3+. The van der Waals surface area contributed by atoms with E-state index in [1.54, 1.807) is 24.3 Å². The summed E-state index contributed by atoms with van der Waals surface area (Å²) in [5, 5.41) is 11.8. The average Bonchev–Trinajstić information content (AvgIpc) is 2.82. The number of anilines is 1. The summed E-state index contributed by atoms with van der Waals surface area (Å²) in [7, 11) is 0. The highest BCUT2D eigenvalue weighted by atomic mass is 19.4. The SMILES string of the molecule is O=C(/C=C/C=C(c1ccc(C(F)(F)F)cc1)c1ccc(C(F)(F)F)cc1)Nc1ccccc1CCO. The van der Waals surface area contributed by atoms with Crippen LogP contribution >= 0.6 is 0 Å². The summed E-state index contributed by atoms with van der Waals surface area (Å²) < 4.78 is 77.7. The second-order valence-electron chi connectivity index (χ2n) is 7.71. The van der Waals surface area contributed by atoms with E-state index in [1.165, 1.54) is 42.5 Å². The third-order valence-corrected chi connectivity index (χ3v) is 5.21. The van der Waals surface area contributed by atoms with E-state index in [0.717, 1.165) is 29.8 Å². The van der Waals surface area contributed by atoms with Gasteiger partial charge < -0.3 is 10.4 Å². The number of aliphatic hydroxyl groups is 1. The first kappa shape index (κ1) is 26.7. The summed E-state index contributed by atoms with van der Waals surface area (Å²) >= 11 is 0. The first-order chi connectivity index (χ1) is 17.0. The lowest BCUT2D eigenvalue weighted by Crippen LogP contribution is -2.10. The van der Waals surface area contributed by atoms with Gasteiger partial charge in [-0.25, -0.2) is 0 Å². The van der Waals surface area contributed by atoms with Crippen LogP contribution in [-0.2, 0) is 23.6 Å². The van der Waals surface area contributed by atoms with Crippen molar-refractivity contribution in [3.8, 4) is 0 Å². The molecule has 0 heterocycles. The molecule has 3 aromatic carbocycles. The molecule has 188 valence electrons. The molecule has 0 bridgehead atoms. The number of carbonyl (C=O) groups is 1. The second kappa shape index (κ2) is 11.3. The molecule has 0 fully saturated rings. The summed E-state index contributed by atoms with van der Waals surface area (Å²) in [5.41, 5.74) is 0.469. The molecule has 1 amide bonds. The summed E-state index contributed by atoms with van der Waals surface area (Å²) in [6.07, 6.45) is -4.77. The Bertz CT molecular complexity index is 1180. The van der Waals surface area contributed by atoms with Crippen molar-refractivity contribution < 1.29 is 36.2 Å². The Morgan fingerprint density at radius 3 is 1.75 bits per heavy atom. The third-order valence-electron chi connectivity index (χ3n) is 5.21. The third kappa shape index (κ3) is 7.08. The van der Waals surface area contributed by atoms with Crippen molar-refractivity contribution in [2.45, 2.75) is 18.8 Å². The minimum absolute atomic E-state index is 0.102. The Labute approximate surface area is 203 Å². The number of allylic oxidation sites excluding steroid dienone is 2. The van der Waals surface area contributed by atoms with Crippen LogP contribution in [0, 0.1) is 0 Å². The van der Waals surface area contributed by atoms with E-state index in [9.17, 15) is 31.1 Å². The molecule has 0 unspecified atom stereocenters. The quantitative estimate of drug-likeness (QED) is 0.209. The number of nitrogens with one attached hydrogen (secondary N) is 1. The molecule has 0 aliphatic heterocycles. The number of benzene rings is 3. The van der Waals surface area contributed by atoms with Crippen LogP contribution in [0.25, 0.3) is 5.57 Å². The number of para-hydroxylation sites is 1. The number of amides is 1. The maximum absolute atomic E-state index is 13.0. The maximum atomic E-state index is 13.0. The Hall–Kier alpha value is -3.85. The van der Waals surface area contributed by atoms with Gasteiger partial charge in [-0.3, -0.25) is 4.79 Å². The van der Waals surface area contributed by atoms with Crippen molar-refractivity contribution in [3.63, 3.8) is 0 Å². The number of hydrogen-bond donors (Lipinski definition) is 2. The molecular weight excluding hydrogens is 484 g/mol. The topological polar surface area (TPSA) is 49.3 Å². The van der Waals surface area contributed by atoms with Crippen LogP contribution in [-0.4, -0.2) is 17.6 Å². The van der Waals surface area contributed by atoms with Crippen LogP contribution in [0.3, 0.4) is 0 Å². The molecule has 0 saturated heterocycles. The predicted molar refractivity (Wildman–Crippen MR) is 125 cm³/mol. The normalized spacial score (nSPS) is 12.0. The number of alkyl halides is 6. The molecular formula is C27H21F6NO2. The van der Waals surface area contributed by atoms with Gasteiger partial charge in [0.15, 0.2) is 0 Å². The van der Waals surface area contributed by atoms with E-state index < -0.39 is 29.4 Å². The summed E-state index contributed by atoms with van der Waals surface area (Å²) in [5.74, 6) is -0.504. The molecule has 3 nitrogen and oxygen atoms in total. The van der Waals surface area contributed by atoms with Gasteiger partial charge in [0, 0.05) is 18.4 Å². The Kier molecular flexibility index (Phi) is 8.37. The highest BCUT2D eigenvalue weighted by Crippen LogP contribution is 2.33. The molecule has 3 rings (SSSR count). The van der Waals surface area contributed by atoms with Gasteiger partial charge in [-0.15, -0.1) is 0 Å². The summed E-state index contributed by atoms with van der Waals surface area (Å²) in [4.78, 5) is 12.4. The van der Waals surface area contributed by atoms with E-state index in [1.807, 2.05) is 0 Å². The van der Waals surface area contributed by atoms with Gasteiger partial charge in [0.2, 0.25) is 5.91 Å². The lowest BCUT2D eigenvalue weighted by molar-refractivity contribution is -0.138. The van der Waals surface area contributed by atoms with E-state index in [0.29, 0.717) is 28.8 Å². The Morgan fingerprint density at radius 1 is 0.778 bits per heavy atom. The van der Waals surface area contributed by atoms with Gasteiger partial charge in [-0.05, 0) is 59.0 Å². The fourth-order valence-electron chi connectivity index (χ4n) is 3.42. The summed E-state index contributed by atoms with van der Waals surface area (Å²) in [6.45, 7) is -0.102. The monoisotopic (exact) mass is 505 g/mol. The number of hydrogen-bond acceptors (Lipinski definition) is 2. The van der Waals surface area contributed by atoms with Gasteiger partial charge >= 0.3 is 12.4 Å². The van der Waals surface area contributed by atoms with Crippen LogP contribution in [0.4, 0.5) is 32.0 Å². The maximum Gasteiger partial charge on any atom is 0.416 e. The van der Waals surface area contributed by atoms with Crippen LogP contribution in [0.15, 0.2) is 91.0 Å². The Morgan fingerprint density at radius 2 is 1.28 bits per heavy atom. The van der Waals surface area contributed by atoms with Crippen molar-refractivity contribution in [1.29, 1.82) is 0 Å². The van der Waals surface area contributed by atoms with E-state index in [-0.39, 0.29) is 6.61 Å². The van der Waals surface area contributed by atoms with Gasteiger partial charge in [0.1, 0.15) is 0 Å². The molecule has 36 heavy (non-hydrogen) atoms. The van der Waals surface area contributed by atoms with E-state index in [4.69, 9.17) is 5.11 Å². The van der Waals surface area contributed by atoms with Crippen molar-refractivity contribution in [1.82, 2.24) is 0 Å². The van der Waals surface area contributed by atoms with E-state index >= 15 is 0 Å². The molecule has 0 saturated carbocycles. The van der Waals surface area contributed by atoms with Crippen molar-refractivity contribution in [2.75, 3.05) is 11.9 Å². The molecule has 3 aromatic rings. The van der Waals surface area contributed by atoms with Crippen molar-refractivity contribution in [2.24, 2.45) is 0 Å². The van der Waals surface area contributed by atoms with Crippen molar-refractivity contribution >= 4 is 17.2 Å². The second-order valence-corrected chi connectivity index (χ2v) is 7.71. The Balaban J connectivity index is 1.91. The first-order valence-corrected chi connectivity index (χ1v) is 10.7. The van der Waals surface area contributed by atoms with Gasteiger partial charge in [-0.1, -0.05) is 54.6 Å². The lowest BCUT2D eigenvalue weighted by atomic mass is 9.95. The fraction of sp³-hybridized carbons (Fsp3) is 0.148. The van der Waals surface area contributed by atoms with Gasteiger partial charge in [-0.2, -0.15) is 26.3 Å². The molecule has 0 aromatic heterocycles. The smallest absolute Gasteiger partial charge is 0.396 e. The zero-order valence-corrected chi connectivity index (χ0v) is 18.7. The molecule has 0 radical (unpaired) electrons. The molecule has 9 heteroatoms. The highest BCUT2D eigenvalue weighted by Gasteiger charge is 2.31. The van der Waals surface area contributed by atoms with E-state index in [2.05, 4.69) is 5.32 Å². The largest absolute Gasteiger partial charge is 0.416 e. The number of halogens is 6. The fourth-order valence-corrected chi connectivity index (χ4v) is 3.42. The highest BCUT2D eigenvalue weighted by molar-refractivity contribution is 6.00. The number of carbonyl (C=O) groups excluding carboxylic acids is 1. The van der Waals surface area contributed by atoms with Gasteiger partial charge in [0.25, 0.3) is 0 Å². The van der Waals surface area contributed by atoms with Crippen LogP contribution in [0.1, 0.15) is 27.8 Å².